The molecule has 0 saturated carbocycles. The predicted octanol–water partition coefficient (Wildman–Crippen LogP) is 1.94. The number of thioether (sulfide) groups is 1. The van der Waals surface area contributed by atoms with Crippen LogP contribution in [0.15, 0.2) is 5.16 Å². The van der Waals surface area contributed by atoms with E-state index in [0.717, 1.165) is 5.75 Å². The van der Waals surface area contributed by atoms with E-state index in [2.05, 4.69) is 10.5 Å². The number of hydrogen-bond donors (Lipinski definition) is 2. The molecule has 0 fully saturated rings. The summed E-state index contributed by atoms with van der Waals surface area (Å²) >= 11 is 1.39. The van der Waals surface area contributed by atoms with Gasteiger partial charge in [-0.1, -0.05) is 32.9 Å². The van der Waals surface area contributed by atoms with Crippen LogP contribution in [0, 0.1) is 11.3 Å². The molecular formula is C10H20N2O2S. The van der Waals surface area contributed by atoms with Crippen LogP contribution in [0.2, 0.25) is 0 Å². The second-order valence-electron chi connectivity index (χ2n) is 4.28. The van der Waals surface area contributed by atoms with Gasteiger partial charge in [-0.05, 0) is 11.2 Å². The lowest BCUT2D eigenvalue weighted by Gasteiger charge is -2.28. The number of carbonyl (C=O) groups excluding carboxylic acids is 1. The van der Waals surface area contributed by atoms with Crippen molar-refractivity contribution in [3.05, 3.63) is 0 Å². The van der Waals surface area contributed by atoms with Crippen molar-refractivity contribution < 1.29 is 10.0 Å². The quantitative estimate of drug-likeness (QED) is 0.338. The van der Waals surface area contributed by atoms with Gasteiger partial charge in [0.15, 0.2) is 0 Å². The molecule has 0 aromatic rings. The molecule has 2 N–H and O–H groups in total. The predicted molar refractivity (Wildman–Crippen MR) is 64.4 cm³/mol. The molecule has 0 aliphatic rings. The maximum absolute atomic E-state index is 11.7. The first-order valence-corrected chi connectivity index (χ1v) is 5.93. The van der Waals surface area contributed by atoms with Crippen LogP contribution in [0.3, 0.4) is 0 Å². The Labute approximate surface area is 95.5 Å². The Kier molecular flexibility index (Phi) is 5.72. The molecule has 4 nitrogen and oxygen atoms in total. The summed E-state index contributed by atoms with van der Waals surface area (Å²) < 4.78 is 0. The fourth-order valence-electron chi connectivity index (χ4n) is 1.34. The highest BCUT2D eigenvalue weighted by molar-refractivity contribution is 8.14. The molecule has 88 valence electrons. The number of nitrogens with zero attached hydrogens (tertiary/aromatic N) is 1. The minimum absolute atomic E-state index is 0.115. The molecule has 1 amide bonds. The molecule has 0 bridgehead atoms. The molecule has 0 saturated heterocycles. The summed E-state index contributed by atoms with van der Waals surface area (Å²) in [5.41, 5.74) is -0.260. The van der Waals surface area contributed by atoms with Gasteiger partial charge in [0.2, 0.25) is 5.91 Å². The molecule has 0 heterocycles. The van der Waals surface area contributed by atoms with Crippen LogP contribution in [0.4, 0.5) is 0 Å². The van der Waals surface area contributed by atoms with Crippen molar-refractivity contribution >= 4 is 22.7 Å². The number of rotatable bonds is 3. The zero-order chi connectivity index (χ0) is 12.1. The Hall–Kier alpha value is -0.710. The molecule has 0 aliphatic carbocycles. The summed E-state index contributed by atoms with van der Waals surface area (Å²) in [6.45, 7) is 7.82. The van der Waals surface area contributed by atoms with E-state index < -0.39 is 5.92 Å². The summed E-state index contributed by atoms with van der Waals surface area (Å²) in [4.78, 5) is 11.7. The maximum Gasteiger partial charge on any atom is 0.230 e. The fourth-order valence-corrected chi connectivity index (χ4v) is 2.32. The van der Waals surface area contributed by atoms with Crippen molar-refractivity contribution in [3.8, 4) is 0 Å². The molecule has 1 unspecified atom stereocenters. The third-order valence-corrected chi connectivity index (χ3v) is 2.91. The summed E-state index contributed by atoms with van der Waals surface area (Å²) in [6.07, 6.45) is 0. The van der Waals surface area contributed by atoms with E-state index in [1.165, 1.54) is 11.8 Å². The average molecular weight is 232 g/mol. The zero-order valence-electron chi connectivity index (χ0n) is 10.00. The number of hydrogen-bond acceptors (Lipinski definition) is 4. The minimum atomic E-state index is -0.405. The third kappa shape index (κ3) is 4.11. The topological polar surface area (TPSA) is 61.7 Å². The van der Waals surface area contributed by atoms with Gasteiger partial charge in [-0.15, -0.1) is 11.8 Å². The van der Waals surface area contributed by atoms with Crippen molar-refractivity contribution in [1.82, 2.24) is 5.32 Å². The van der Waals surface area contributed by atoms with Crippen molar-refractivity contribution in [2.75, 3.05) is 12.8 Å². The van der Waals surface area contributed by atoms with E-state index in [9.17, 15) is 4.79 Å². The summed E-state index contributed by atoms with van der Waals surface area (Å²) in [7, 11) is 1.59. The molecule has 0 spiro atoms. The maximum atomic E-state index is 11.7. The van der Waals surface area contributed by atoms with Crippen molar-refractivity contribution in [2.24, 2.45) is 16.5 Å². The molecule has 0 aromatic heterocycles. The SMILES string of the molecule is CCS/C(=N\O)C(C(=O)NC)C(C)(C)C. The molecule has 0 aliphatic heterocycles. The smallest absolute Gasteiger partial charge is 0.230 e. The summed E-state index contributed by atoms with van der Waals surface area (Å²) in [5, 5.41) is 15.2. The minimum Gasteiger partial charge on any atom is -0.410 e. The number of amides is 1. The van der Waals surface area contributed by atoms with Crippen molar-refractivity contribution in [3.63, 3.8) is 0 Å². The summed E-state index contributed by atoms with van der Waals surface area (Å²) in [5.74, 6) is 0.261. The molecular weight excluding hydrogens is 212 g/mol. The van der Waals surface area contributed by atoms with Crippen molar-refractivity contribution in [1.29, 1.82) is 0 Å². The van der Waals surface area contributed by atoms with Gasteiger partial charge in [0.1, 0.15) is 5.04 Å². The van der Waals surface area contributed by atoms with E-state index in [-0.39, 0.29) is 11.3 Å². The van der Waals surface area contributed by atoms with Gasteiger partial charge in [-0.25, -0.2) is 0 Å². The first kappa shape index (κ1) is 14.3. The van der Waals surface area contributed by atoms with E-state index in [1.807, 2.05) is 27.7 Å². The zero-order valence-corrected chi connectivity index (χ0v) is 10.8. The van der Waals surface area contributed by atoms with E-state index in [1.54, 1.807) is 7.05 Å². The highest BCUT2D eigenvalue weighted by Crippen LogP contribution is 2.31. The molecule has 5 heteroatoms. The van der Waals surface area contributed by atoms with Gasteiger partial charge in [0, 0.05) is 7.05 Å². The second kappa shape index (κ2) is 6.00. The molecule has 1 atom stereocenters. The highest BCUT2D eigenvalue weighted by atomic mass is 32.2. The standard InChI is InChI=1S/C10H20N2O2S/c1-6-15-9(12-14)7(8(13)11-5)10(2,3)4/h7,14H,6H2,1-5H3,(H,11,13)/b12-9-. The largest absolute Gasteiger partial charge is 0.410 e. The van der Waals surface area contributed by atoms with Gasteiger partial charge < -0.3 is 10.5 Å². The number of oxime groups is 1. The van der Waals surface area contributed by atoms with Crippen LogP contribution >= 0.6 is 11.8 Å². The first-order valence-electron chi connectivity index (χ1n) is 4.94. The van der Waals surface area contributed by atoms with Gasteiger partial charge in [0.25, 0.3) is 0 Å². The van der Waals surface area contributed by atoms with Gasteiger partial charge in [-0.3, -0.25) is 4.79 Å². The first-order chi connectivity index (χ1) is 6.88. The highest BCUT2D eigenvalue weighted by Gasteiger charge is 2.35. The van der Waals surface area contributed by atoms with Gasteiger partial charge in [0.05, 0.1) is 5.92 Å². The molecule has 0 rings (SSSR count). The lowest BCUT2D eigenvalue weighted by Crippen LogP contribution is -2.40. The Bertz CT molecular complexity index is 246. The van der Waals surface area contributed by atoms with Gasteiger partial charge in [-0.2, -0.15) is 0 Å². The summed E-state index contributed by atoms with van der Waals surface area (Å²) in [6, 6.07) is 0. The monoisotopic (exact) mass is 232 g/mol. The second-order valence-corrected chi connectivity index (χ2v) is 5.57. The Balaban J connectivity index is 5.01. The van der Waals surface area contributed by atoms with E-state index in [0.29, 0.717) is 5.04 Å². The van der Waals surface area contributed by atoms with Crippen LogP contribution in [-0.2, 0) is 4.79 Å². The molecule has 15 heavy (non-hydrogen) atoms. The van der Waals surface area contributed by atoms with Gasteiger partial charge >= 0.3 is 0 Å². The molecule has 0 radical (unpaired) electrons. The Morgan fingerprint density at radius 1 is 1.53 bits per heavy atom. The Morgan fingerprint density at radius 2 is 2.07 bits per heavy atom. The van der Waals surface area contributed by atoms with Crippen LogP contribution in [-0.4, -0.2) is 29.0 Å². The van der Waals surface area contributed by atoms with E-state index >= 15 is 0 Å². The molecule has 0 aromatic carbocycles. The van der Waals surface area contributed by atoms with Crippen LogP contribution in [0.5, 0.6) is 0 Å². The number of carbonyl (C=O) groups is 1. The number of nitrogens with one attached hydrogen (secondary N) is 1. The van der Waals surface area contributed by atoms with Crippen LogP contribution in [0.25, 0.3) is 0 Å². The fraction of sp³-hybridized carbons (Fsp3) is 0.800. The van der Waals surface area contributed by atoms with Crippen LogP contribution in [0.1, 0.15) is 27.7 Å². The van der Waals surface area contributed by atoms with Crippen molar-refractivity contribution in [2.45, 2.75) is 27.7 Å². The third-order valence-electron chi connectivity index (χ3n) is 2.01. The normalized spacial score (nSPS) is 14.9. The van der Waals surface area contributed by atoms with Crippen LogP contribution < -0.4 is 5.32 Å². The Morgan fingerprint density at radius 3 is 2.33 bits per heavy atom. The average Bonchev–Trinajstić information content (AvgIpc) is 2.14. The lowest BCUT2D eigenvalue weighted by molar-refractivity contribution is -0.124. The lowest BCUT2D eigenvalue weighted by atomic mass is 9.81. The van der Waals surface area contributed by atoms with E-state index in [4.69, 9.17) is 5.21 Å².